The van der Waals surface area contributed by atoms with Gasteiger partial charge in [0.15, 0.2) is 0 Å². The fraction of sp³-hybridized carbons (Fsp3) is 0.357. The summed E-state index contributed by atoms with van der Waals surface area (Å²) in [7, 11) is 0. The van der Waals surface area contributed by atoms with Crippen LogP contribution in [0.2, 0.25) is 0 Å². The summed E-state index contributed by atoms with van der Waals surface area (Å²) in [5.74, 6) is 0.988. The number of benzene rings is 1. The van der Waals surface area contributed by atoms with E-state index >= 15 is 0 Å². The van der Waals surface area contributed by atoms with E-state index in [9.17, 15) is 0 Å². The highest BCUT2D eigenvalue weighted by Gasteiger charge is 2.14. The molecule has 2 heterocycles. The molecule has 1 aliphatic rings. The first-order chi connectivity index (χ1) is 8.83. The Balaban J connectivity index is 1.92. The van der Waals surface area contributed by atoms with Gasteiger partial charge in [-0.15, -0.1) is 0 Å². The molecule has 4 heteroatoms. The Bertz CT molecular complexity index is 550. The summed E-state index contributed by atoms with van der Waals surface area (Å²) >= 11 is 3.52. The number of hydrogen-bond donors (Lipinski definition) is 2. The molecular weight excluding hydrogens is 290 g/mol. The van der Waals surface area contributed by atoms with Crippen LogP contribution >= 0.6 is 15.9 Å². The topological polar surface area (TPSA) is 37.0 Å². The summed E-state index contributed by atoms with van der Waals surface area (Å²) in [6.07, 6.45) is 4.31. The molecule has 0 aliphatic carbocycles. The van der Waals surface area contributed by atoms with Gasteiger partial charge in [0.1, 0.15) is 5.82 Å². The molecule has 0 spiro atoms. The van der Waals surface area contributed by atoms with Gasteiger partial charge in [0.2, 0.25) is 0 Å². The van der Waals surface area contributed by atoms with Crippen LogP contribution in [0.25, 0.3) is 10.8 Å². The number of anilines is 1. The fourth-order valence-corrected chi connectivity index (χ4v) is 2.79. The van der Waals surface area contributed by atoms with E-state index in [0.29, 0.717) is 6.04 Å². The second-order valence-corrected chi connectivity index (χ2v) is 5.63. The number of halogens is 1. The van der Waals surface area contributed by atoms with Crippen LogP contribution in [-0.2, 0) is 0 Å². The third kappa shape index (κ3) is 2.49. The van der Waals surface area contributed by atoms with Gasteiger partial charge in [-0.05, 0) is 43.0 Å². The van der Waals surface area contributed by atoms with Crippen LogP contribution in [0.4, 0.5) is 5.82 Å². The smallest absolute Gasteiger partial charge is 0.134 e. The summed E-state index contributed by atoms with van der Waals surface area (Å²) in [4.78, 5) is 4.48. The molecule has 1 unspecified atom stereocenters. The summed E-state index contributed by atoms with van der Waals surface area (Å²) in [6, 6.07) is 8.84. The zero-order valence-corrected chi connectivity index (χ0v) is 11.7. The molecule has 2 aromatic rings. The number of nitrogens with one attached hydrogen (secondary N) is 2. The Morgan fingerprint density at radius 2 is 2.28 bits per heavy atom. The van der Waals surface area contributed by atoms with E-state index in [1.165, 1.54) is 23.6 Å². The van der Waals surface area contributed by atoms with Crippen LogP contribution in [-0.4, -0.2) is 24.1 Å². The second kappa shape index (κ2) is 5.24. The number of fused-ring (bicyclic) bond motifs is 1. The number of hydrogen-bond acceptors (Lipinski definition) is 3. The van der Waals surface area contributed by atoms with Crippen LogP contribution < -0.4 is 10.6 Å². The Morgan fingerprint density at radius 1 is 1.33 bits per heavy atom. The van der Waals surface area contributed by atoms with Crippen molar-refractivity contribution in [3.8, 4) is 0 Å². The van der Waals surface area contributed by atoms with Gasteiger partial charge in [-0.2, -0.15) is 0 Å². The molecule has 1 atom stereocenters. The van der Waals surface area contributed by atoms with Gasteiger partial charge in [0, 0.05) is 28.6 Å². The maximum atomic E-state index is 4.48. The highest BCUT2D eigenvalue weighted by atomic mass is 79.9. The predicted octanol–water partition coefficient (Wildman–Crippen LogP) is 3.16. The minimum atomic E-state index is 0.482. The Kier molecular flexibility index (Phi) is 3.48. The van der Waals surface area contributed by atoms with Crippen LogP contribution in [0, 0.1) is 0 Å². The normalized spacial score (nSPS) is 19.9. The van der Waals surface area contributed by atoms with E-state index in [1.54, 1.807) is 0 Å². The minimum Gasteiger partial charge on any atom is -0.366 e. The summed E-state index contributed by atoms with van der Waals surface area (Å²) < 4.78 is 1.09. The number of nitrogens with zero attached hydrogens (tertiary/aromatic N) is 1. The Hall–Kier alpha value is -1.13. The molecule has 1 aliphatic heterocycles. The van der Waals surface area contributed by atoms with Gasteiger partial charge in [0.05, 0.1) is 0 Å². The molecule has 1 aromatic heterocycles. The number of rotatable bonds is 2. The third-order valence-corrected chi connectivity index (χ3v) is 3.86. The van der Waals surface area contributed by atoms with Crippen molar-refractivity contribution in [1.82, 2.24) is 10.3 Å². The monoisotopic (exact) mass is 305 g/mol. The highest BCUT2D eigenvalue weighted by Crippen LogP contribution is 2.25. The van der Waals surface area contributed by atoms with Crippen LogP contribution in [0.15, 0.2) is 34.9 Å². The van der Waals surface area contributed by atoms with E-state index in [2.05, 4.69) is 49.7 Å². The van der Waals surface area contributed by atoms with Crippen LogP contribution in [0.1, 0.15) is 12.8 Å². The SMILES string of the molecule is Brc1ccc2ccnc(NC3CCCNC3)c2c1. The average Bonchev–Trinajstić information content (AvgIpc) is 2.41. The lowest BCUT2D eigenvalue weighted by molar-refractivity contribution is 0.479. The maximum absolute atomic E-state index is 4.48. The predicted molar refractivity (Wildman–Crippen MR) is 79.0 cm³/mol. The van der Waals surface area contributed by atoms with Crippen LogP contribution in [0.3, 0.4) is 0 Å². The Morgan fingerprint density at radius 3 is 3.11 bits per heavy atom. The molecule has 1 saturated heterocycles. The number of pyridine rings is 1. The molecule has 0 amide bonds. The minimum absolute atomic E-state index is 0.482. The molecule has 3 rings (SSSR count). The van der Waals surface area contributed by atoms with E-state index in [-0.39, 0.29) is 0 Å². The lowest BCUT2D eigenvalue weighted by Gasteiger charge is -2.24. The number of aromatic nitrogens is 1. The molecule has 1 aromatic carbocycles. The van der Waals surface area contributed by atoms with Gasteiger partial charge >= 0.3 is 0 Å². The summed E-state index contributed by atoms with van der Waals surface area (Å²) in [5, 5.41) is 9.37. The highest BCUT2D eigenvalue weighted by molar-refractivity contribution is 9.10. The van der Waals surface area contributed by atoms with Crippen molar-refractivity contribution in [1.29, 1.82) is 0 Å². The van der Waals surface area contributed by atoms with Crippen molar-refractivity contribution in [3.05, 3.63) is 34.9 Å². The first kappa shape index (κ1) is 11.9. The van der Waals surface area contributed by atoms with E-state index in [4.69, 9.17) is 0 Å². The van der Waals surface area contributed by atoms with Gasteiger partial charge in [-0.25, -0.2) is 4.98 Å². The second-order valence-electron chi connectivity index (χ2n) is 4.71. The number of piperidine rings is 1. The lowest BCUT2D eigenvalue weighted by Crippen LogP contribution is -2.38. The van der Waals surface area contributed by atoms with E-state index in [1.807, 2.05) is 12.3 Å². The van der Waals surface area contributed by atoms with Crippen molar-refractivity contribution in [3.63, 3.8) is 0 Å². The van der Waals surface area contributed by atoms with Gasteiger partial charge in [-0.1, -0.05) is 22.0 Å². The quantitative estimate of drug-likeness (QED) is 0.895. The largest absolute Gasteiger partial charge is 0.366 e. The van der Waals surface area contributed by atoms with Crippen molar-refractivity contribution < 1.29 is 0 Å². The summed E-state index contributed by atoms with van der Waals surface area (Å²) in [6.45, 7) is 2.15. The van der Waals surface area contributed by atoms with E-state index in [0.717, 1.165) is 23.4 Å². The zero-order valence-electron chi connectivity index (χ0n) is 10.1. The van der Waals surface area contributed by atoms with Crippen molar-refractivity contribution in [2.75, 3.05) is 18.4 Å². The zero-order chi connectivity index (χ0) is 12.4. The third-order valence-electron chi connectivity index (χ3n) is 3.37. The molecule has 3 nitrogen and oxygen atoms in total. The first-order valence-electron chi connectivity index (χ1n) is 6.34. The van der Waals surface area contributed by atoms with Gasteiger partial charge in [0.25, 0.3) is 0 Å². The molecular formula is C14H16BrN3. The van der Waals surface area contributed by atoms with Crippen molar-refractivity contribution >= 4 is 32.5 Å². The van der Waals surface area contributed by atoms with Crippen molar-refractivity contribution in [2.24, 2.45) is 0 Å². The average molecular weight is 306 g/mol. The molecule has 0 bridgehead atoms. The molecule has 0 saturated carbocycles. The molecule has 94 valence electrons. The maximum Gasteiger partial charge on any atom is 0.134 e. The van der Waals surface area contributed by atoms with Gasteiger partial charge < -0.3 is 10.6 Å². The first-order valence-corrected chi connectivity index (χ1v) is 7.14. The molecule has 0 radical (unpaired) electrons. The van der Waals surface area contributed by atoms with Crippen molar-refractivity contribution in [2.45, 2.75) is 18.9 Å². The Labute approximate surface area is 115 Å². The fourth-order valence-electron chi connectivity index (χ4n) is 2.42. The standard InChI is InChI=1S/C14H16BrN3/c15-11-4-3-10-5-7-17-14(13(10)8-11)18-12-2-1-6-16-9-12/h3-5,7-8,12,16H,1-2,6,9H2,(H,17,18). The molecule has 18 heavy (non-hydrogen) atoms. The lowest BCUT2D eigenvalue weighted by atomic mass is 10.1. The molecule has 1 fully saturated rings. The van der Waals surface area contributed by atoms with Crippen LogP contribution in [0.5, 0.6) is 0 Å². The van der Waals surface area contributed by atoms with Gasteiger partial charge in [-0.3, -0.25) is 0 Å². The van der Waals surface area contributed by atoms with E-state index < -0.39 is 0 Å². The summed E-state index contributed by atoms with van der Waals surface area (Å²) in [5.41, 5.74) is 0. The molecule has 2 N–H and O–H groups in total.